The molecule has 0 radical (unpaired) electrons. The molecule has 1 unspecified atom stereocenters. The number of carbonyl (C=O) groups excluding carboxylic acids is 1. The molecular formula is C17H19FO. The van der Waals surface area contributed by atoms with Gasteiger partial charge in [0.05, 0.1) is 0 Å². The van der Waals surface area contributed by atoms with E-state index in [0.717, 1.165) is 18.4 Å². The molecule has 0 heterocycles. The van der Waals surface area contributed by atoms with E-state index in [2.05, 4.69) is 0 Å². The van der Waals surface area contributed by atoms with Gasteiger partial charge in [-0.15, -0.1) is 0 Å². The van der Waals surface area contributed by atoms with E-state index in [0.29, 0.717) is 11.5 Å². The van der Waals surface area contributed by atoms with Crippen molar-refractivity contribution >= 4 is 11.9 Å². The quantitative estimate of drug-likeness (QED) is 0.719. The van der Waals surface area contributed by atoms with Crippen LogP contribution in [0.5, 0.6) is 0 Å². The lowest BCUT2D eigenvalue weighted by atomic mass is 9.88. The van der Waals surface area contributed by atoms with Crippen molar-refractivity contribution < 1.29 is 9.18 Å². The molecule has 0 aromatic heterocycles. The Bertz CT molecular complexity index is 512. The fourth-order valence-electron chi connectivity index (χ4n) is 3.54. The van der Waals surface area contributed by atoms with Crippen molar-refractivity contribution in [1.82, 2.24) is 0 Å². The first-order valence-electron chi connectivity index (χ1n) is 7.25. The number of benzene rings is 1. The Morgan fingerprint density at radius 3 is 2.58 bits per heavy atom. The highest BCUT2D eigenvalue weighted by molar-refractivity contribution is 6.03. The molecule has 1 nitrogen and oxygen atoms in total. The van der Waals surface area contributed by atoms with Crippen molar-refractivity contribution in [3.05, 3.63) is 41.2 Å². The maximum atomic E-state index is 13.6. The van der Waals surface area contributed by atoms with Gasteiger partial charge in [0.25, 0.3) is 0 Å². The fraction of sp³-hybridized carbons (Fsp3) is 0.471. The SMILES string of the molecule is O=C1C(=Cc2ccccc2F)CCC1C1CCCC1. The van der Waals surface area contributed by atoms with Gasteiger partial charge in [-0.05, 0) is 49.3 Å². The van der Waals surface area contributed by atoms with Crippen molar-refractivity contribution in [2.75, 3.05) is 0 Å². The van der Waals surface area contributed by atoms with Crippen LogP contribution in [0, 0.1) is 17.7 Å². The first kappa shape index (κ1) is 12.6. The Kier molecular flexibility index (Phi) is 3.50. The third-order valence-corrected chi connectivity index (χ3v) is 4.58. The van der Waals surface area contributed by atoms with E-state index < -0.39 is 0 Å². The van der Waals surface area contributed by atoms with Crippen LogP contribution in [0.3, 0.4) is 0 Å². The topological polar surface area (TPSA) is 17.1 Å². The molecule has 2 aliphatic rings. The molecule has 1 atom stereocenters. The number of hydrogen-bond donors (Lipinski definition) is 0. The largest absolute Gasteiger partial charge is 0.294 e. The molecule has 2 aliphatic carbocycles. The lowest BCUT2D eigenvalue weighted by Crippen LogP contribution is -2.16. The summed E-state index contributed by atoms with van der Waals surface area (Å²) < 4.78 is 13.6. The molecule has 0 spiro atoms. The highest BCUT2D eigenvalue weighted by atomic mass is 19.1. The summed E-state index contributed by atoms with van der Waals surface area (Å²) in [5.41, 5.74) is 1.36. The van der Waals surface area contributed by atoms with Crippen molar-refractivity contribution in [1.29, 1.82) is 0 Å². The summed E-state index contributed by atoms with van der Waals surface area (Å²) in [5.74, 6) is 0.821. The van der Waals surface area contributed by atoms with Gasteiger partial charge < -0.3 is 0 Å². The number of ketones is 1. The molecule has 0 aliphatic heterocycles. The Morgan fingerprint density at radius 2 is 1.84 bits per heavy atom. The minimum absolute atomic E-state index is 0.209. The molecule has 0 bridgehead atoms. The number of Topliss-reactive ketones (excluding diaryl/α,β-unsaturated/α-hetero) is 1. The summed E-state index contributed by atoms with van der Waals surface area (Å²) in [5, 5.41) is 0. The maximum absolute atomic E-state index is 13.6. The third kappa shape index (κ3) is 2.49. The molecule has 0 saturated heterocycles. The number of rotatable bonds is 2. The third-order valence-electron chi connectivity index (χ3n) is 4.58. The van der Waals surface area contributed by atoms with Crippen LogP contribution in [0.15, 0.2) is 29.8 Å². The second-order valence-electron chi connectivity index (χ2n) is 5.75. The summed E-state index contributed by atoms with van der Waals surface area (Å²) >= 11 is 0. The minimum atomic E-state index is -0.243. The molecule has 0 N–H and O–H groups in total. The molecule has 3 rings (SSSR count). The number of halogens is 1. The van der Waals surface area contributed by atoms with E-state index in [4.69, 9.17) is 0 Å². The van der Waals surface area contributed by atoms with Gasteiger partial charge in [-0.25, -0.2) is 4.39 Å². The van der Waals surface area contributed by atoms with Gasteiger partial charge in [0.15, 0.2) is 5.78 Å². The van der Waals surface area contributed by atoms with E-state index in [1.807, 2.05) is 6.07 Å². The highest BCUT2D eigenvalue weighted by Crippen LogP contribution is 2.40. The Balaban J connectivity index is 1.80. The molecule has 1 aromatic rings. The lowest BCUT2D eigenvalue weighted by molar-refractivity contribution is -0.119. The monoisotopic (exact) mass is 258 g/mol. The van der Waals surface area contributed by atoms with Crippen LogP contribution in [0.25, 0.3) is 6.08 Å². The number of carbonyl (C=O) groups is 1. The maximum Gasteiger partial charge on any atom is 0.162 e. The van der Waals surface area contributed by atoms with E-state index in [1.165, 1.54) is 31.7 Å². The summed E-state index contributed by atoms with van der Waals surface area (Å²) in [4.78, 5) is 12.4. The summed E-state index contributed by atoms with van der Waals surface area (Å²) in [6, 6.07) is 6.66. The summed E-state index contributed by atoms with van der Waals surface area (Å²) in [7, 11) is 0. The van der Waals surface area contributed by atoms with Gasteiger partial charge in [0, 0.05) is 11.5 Å². The first-order valence-corrected chi connectivity index (χ1v) is 7.25. The van der Waals surface area contributed by atoms with Gasteiger partial charge in [-0.2, -0.15) is 0 Å². The Morgan fingerprint density at radius 1 is 1.11 bits per heavy atom. The zero-order chi connectivity index (χ0) is 13.2. The van der Waals surface area contributed by atoms with Crippen LogP contribution in [0.1, 0.15) is 44.1 Å². The van der Waals surface area contributed by atoms with Crippen LogP contribution < -0.4 is 0 Å². The Hall–Kier alpha value is -1.44. The van der Waals surface area contributed by atoms with Crippen LogP contribution in [0.2, 0.25) is 0 Å². The minimum Gasteiger partial charge on any atom is -0.294 e. The molecule has 100 valence electrons. The van der Waals surface area contributed by atoms with Gasteiger partial charge in [-0.1, -0.05) is 31.0 Å². The fourth-order valence-corrected chi connectivity index (χ4v) is 3.54. The van der Waals surface area contributed by atoms with Crippen molar-refractivity contribution in [3.63, 3.8) is 0 Å². The average Bonchev–Trinajstić information content (AvgIpc) is 3.03. The molecule has 19 heavy (non-hydrogen) atoms. The van der Waals surface area contributed by atoms with Crippen LogP contribution in [-0.2, 0) is 4.79 Å². The van der Waals surface area contributed by atoms with Gasteiger partial charge in [0.2, 0.25) is 0 Å². The standard InChI is InChI=1S/C17H19FO/c18-16-8-4-3-7-13(16)11-14-9-10-15(17(14)19)12-5-1-2-6-12/h3-4,7-8,11-12,15H,1-2,5-6,9-10H2. The van der Waals surface area contributed by atoms with Crippen LogP contribution >= 0.6 is 0 Å². The molecule has 1 aromatic carbocycles. The predicted octanol–water partition coefficient (Wildman–Crippen LogP) is 4.38. The average molecular weight is 258 g/mol. The lowest BCUT2D eigenvalue weighted by Gasteiger charge is -2.15. The zero-order valence-corrected chi connectivity index (χ0v) is 11.1. The second kappa shape index (κ2) is 5.28. The van der Waals surface area contributed by atoms with E-state index in [-0.39, 0.29) is 17.5 Å². The van der Waals surface area contributed by atoms with Gasteiger partial charge >= 0.3 is 0 Å². The Labute approximate surface area is 113 Å². The number of allylic oxidation sites excluding steroid dienone is 1. The first-order chi connectivity index (χ1) is 9.25. The summed E-state index contributed by atoms with van der Waals surface area (Å²) in [6.07, 6.45) is 8.46. The van der Waals surface area contributed by atoms with Gasteiger partial charge in [-0.3, -0.25) is 4.79 Å². The van der Waals surface area contributed by atoms with E-state index in [9.17, 15) is 9.18 Å². The second-order valence-corrected chi connectivity index (χ2v) is 5.75. The van der Waals surface area contributed by atoms with Crippen molar-refractivity contribution in [2.45, 2.75) is 38.5 Å². The number of hydrogen-bond acceptors (Lipinski definition) is 1. The van der Waals surface area contributed by atoms with E-state index >= 15 is 0 Å². The van der Waals surface area contributed by atoms with Crippen molar-refractivity contribution in [3.8, 4) is 0 Å². The smallest absolute Gasteiger partial charge is 0.162 e. The molecule has 2 saturated carbocycles. The van der Waals surface area contributed by atoms with Crippen molar-refractivity contribution in [2.24, 2.45) is 11.8 Å². The van der Waals surface area contributed by atoms with Crippen LogP contribution in [-0.4, -0.2) is 5.78 Å². The van der Waals surface area contributed by atoms with Crippen LogP contribution in [0.4, 0.5) is 4.39 Å². The zero-order valence-electron chi connectivity index (χ0n) is 11.1. The predicted molar refractivity (Wildman–Crippen MR) is 74.1 cm³/mol. The normalized spacial score (nSPS) is 26.5. The van der Waals surface area contributed by atoms with E-state index in [1.54, 1.807) is 18.2 Å². The molecule has 2 fully saturated rings. The molecule has 0 amide bonds. The molecular weight excluding hydrogens is 239 g/mol. The van der Waals surface area contributed by atoms with Gasteiger partial charge in [0.1, 0.15) is 5.82 Å². The summed E-state index contributed by atoms with van der Waals surface area (Å²) in [6.45, 7) is 0. The highest BCUT2D eigenvalue weighted by Gasteiger charge is 2.36. The molecule has 2 heteroatoms.